The number of ether oxygens (including phenoxy) is 1. The topological polar surface area (TPSA) is 73.1 Å². The van der Waals surface area contributed by atoms with Gasteiger partial charge in [-0.1, -0.05) is 0 Å². The summed E-state index contributed by atoms with van der Waals surface area (Å²) in [6, 6.07) is 5.56. The van der Waals surface area contributed by atoms with Crippen LogP contribution in [0.5, 0.6) is 5.88 Å². The number of hydrogen-bond donors (Lipinski definition) is 0. The summed E-state index contributed by atoms with van der Waals surface area (Å²) >= 11 is 0. The molecular weight excluding hydrogens is 430 g/mol. The second-order valence-electron chi connectivity index (χ2n) is 7.77. The molecule has 32 heavy (non-hydrogen) atoms. The van der Waals surface area contributed by atoms with Crippen LogP contribution in [0.15, 0.2) is 48.9 Å². The smallest absolute Gasteiger partial charge is 0.417 e. The number of rotatable bonds is 4. The number of carbonyl (C=O) groups is 1. The Morgan fingerprint density at radius 1 is 1.09 bits per heavy atom. The summed E-state index contributed by atoms with van der Waals surface area (Å²) in [6.07, 6.45) is 0.735. The summed E-state index contributed by atoms with van der Waals surface area (Å²) in [7, 11) is 0. The van der Waals surface area contributed by atoms with Crippen LogP contribution in [0.25, 0.3) is 5.69 Å². The number of fused-ring (bicyclic) bond motifs is 2. The molecule has 166 valence electrons. The molecule has 4 heterocycles. The van der Waals surface area contributed by atoms with Gasteiger partial charge in [-0.15, -0.1) is 0 Å². The van der Waals surface area contributed by atoms with Crippen molar-refractivity contribution in [1.82, 2.24) is 24.9 Å². The molecular formula is C21H17F4N5O2. The highest BCUT2D eigenvalue weighted by Gasteiger charge is 2.50. The first-order valence-corrected chi connectivity index (χ1v) is 10.00. The van der Waals surface area contributed by atoms with E-state index in [1.165, 1.54) is 41.5 Å². The van der Waals surface area contributed by atoms with E-state index in [0.29, 0.717) is 12.8 Å². The predicted octanol–water partition coefficient (Wildman–Crippen LogP) is 3.64. The van der Waals surface area contributed by atoms with Gasteiger partial charge < -0.3 is 9.64 Å². The molecule has 0 saturated carbocycles. The van der Waals surface area contributed by atoms with Crippen molar-refractivity contribution in [1.29, 1.82) is 0 Å². The summed E-state index contributed by atoms with van der Waals surface area (Å²) in [5.41, 5.74) is -0.369. The molecule has 2 saturated heterocycles. The standard InChI is InChI=1S/C21H17F4N5O2/c22-13-2-4-15(17(9-13)30-27-7-8-28-30)20(31)29-14-3-5-16(29)18(10-14)32-19-6-1-12(11-26-19)21(23,24)25/h1-2,4,6-9,11,14,16,18H,3,5,10H2. The maximum absolute atomic E-state index is 13.9. The monoisotopic (exact) mass is 447 g/mol. The quantitative estimate of drug-likeness (QED) is 0.571. The van der Waals surface area contributed by atoms with Crippen LogP contribution in [-0.2, 0) is 6.18 Å². The van der Waals surface area contributed by atoms with Crippen LogP contribution >= 0.6 is 0 Å². The Bertz CT molecular complexity index is 1130. The summed E-state index contributed by atoms with van der Waals surface area (Å²) in [5, 5.41) is 8.00. The van der Waals surface area contributed by atoms with Crippen molar-refractivity contribution in [2.45, 2.75) is 43.6 Å². The van der Waals surface area contributed by atoms with E-state index in [9.17, 15) is 22.4 Å². The summed E-state index contributed by atoms with van der Waals surface area (Å²) in [6.45, 7) is 0. The van der Waals surface area contributed by atoms with Crippen molar-refractivity contribution in [3.8, 4) is 11.6 Å². The third-order valence-electron chi connectivity index (χ3n) is 5.87. The van der Waals surface area contributed by atoms with Gasteiger partial charge in [0.15, 0.2) is 0 Å². The average molecular weight is 447 g/mol. The molecule has 0 aliphatic carbocycles. The zero-order valence-corrected chi connectivity index (χ0v) is 16.5. The second-order valence-corrected chi connectivity index (χ2v) is 7.77. The van der Waals surface area contributed by atoms with Crippen molar-refractivity contribution >= 4 is 5.91 Å². The Kier molecular flexibility index (Phi) is 4.83. The summed E-state index contributed by atoms with van der Waals surface area (Å²) in [4.78, 5) is 20.1. The van der Waals surface area contributed by atoms with E-state index >= 15 is 0 Å². The number of carbonyl (C=O) groups excluding carboxylic acids is 1. The van der Waals surface area contributed by atoms with Gasteiger partial charge in [0.2, 0.25) is 5.88 Å². The maximum atomic E-state index is 13.9. The van der Waals surface area contributed by atoms with E-state index in [2.05, 4.69) is 15.2 Å². The molecule has 0 radical (unpaired) electrons. The van der Waals surface area contributed by atoms with Crippen molar-refractivity contribution in [3.05, 3.63) is 65.9 Å². The summed E-state index contributed by atoms with van der Waals surface area (Å²) < 4.78 is 58.0. The lowest BCUT2D eigenvalue weighted by molar-refractivity contribution is -0.137. The number of pyridine rings is 1. The first-order chi connectivity index (χ1) is 15.3. The molecule has 7 nitrogen and oxygen atoms in total. The van der Waals surface area contributed by atoms with Gasteiger partial charge in [-0.25, -0.2) is 9.37 Å². The maximum Gasteiger partial charge on any atom is 0.417 e. The van der Waals surface area contributed by atoms with E-state index < -0.39 is 23.7 Å². The minimum absolute atomic E-state index is 0.0751. The lowest BCUT2D eigenvalue weighted by atomic mass is 9.98. The van der Waals surface area contributed by atoms with Gasteiger partial charge in [-0.05, 0) is 31.0 Å². The van der Waals surface area contributed by atoms with Crippen LogP contribution < -0.4 is 4.74 Å². The number of amides is 1. The highest BCUT2D eigenvalue weighted by Crippen LogP contribution is 2.41. The number of nitrogens with zero attached hydrogens (tertiary/aromatic N) is 5. The normalized spacial score (nSPS) is 22.4. The second kappa shape index (κ2) is 7.57. The molecule has 1 amide bonds. The van der Waals surface area contributed by atoms with Crippen LogP contribution in [0.1, 0.15) is 35.2 Å². The van der Waals surface area contributed by atoms with E-state index in [0.717, 1.165) is 18.7 Å². The van der Waals surface area contributed by atoms with Crippen LogP contribution in [-0.4, -0.2) is 49.0 Å². The highest BCUT2D eigenvalue weighted by atomic mass is 19.4. The Morgan fingerprint density at radius 2 is 1.88 bits per heavy atom. The Labute approximate surface area is 179 Å². The first kappa shape index (κ1) is 20.4. The number of hydrogen-bond acceptors (Lipinski definition) is 5. The number of benzene rings is 1. The molecule has 2 aliphatic rings. The third kappa shape index (κ3) is 3.57. The molecule has 2 fully saturated rings. The third-order valence-corrected chi connectivity index (χ3v) is 5.87. The van der Waals surface area contributed by atoms with Crippen molar-refractivity contribution in [2.75, 3.05) is 0 Å². The van der Waals surface area contributed by atoms with E-state index in [1.54, 1.807) is 4.90 Å². The lowest BCUT2D eigenvalue weighted by Crippen LogP contribution is -2.39. The lowest BCUT2D eigenvalue weighted by Gasteiger charge is -2.25. The van der Waals surface area contributed by atoms with Crippen molar-refractivity contribution < 1.29 is 27.1 Å². The van der Waals surface area contributed by atoms with Gasteiger partial charge in [-0.2, -0.15) is 28.2 Å². The predicted molar refractivity (Wildman–Crippen MR) is 103 cm³/mol. The van der Waals surface area contributed by atoms with Gasteiger partial charge in [0.05, 0.1) is 29.6 Å². The molecule has 0 spiro atoms. The number of halogens is 4. The molecule has 2 aliphatic heterocycles. The minimum Gasteiger partial charge on any atom is -0.472 e. The molecule has 1 aromatic carbocycles. The SMILES string of the molecule is O=C(c1ccc(F)cc1-n1nccn1)N1C2CCC1C(Oc1ccc(C(F)(F)F)cn1)C2. The fourth-order valence-corrected chi connectivity index (χ4v) is 4.48. The van der Waals surface area contributed by atoms with Crippen LogP contribution in [0.3, 0.4) is 0 Å². The van der Waals surface area contributed by atoms with Crippen molar-refractivity contribution in [2.24, 2.45) is 0 Å². The molecule has 5 rings (SSSR count). The molecule has 0 N–H and O–H groups in total. The fraction of sp³-hybridized carbons (Fsp3) is 0.333. The minimum atomic E-state index is -4.47. The van der Waals surface area contributed by atoms with Crippen LogP contribution in [0, 0.1) is 5.82 Å². The molecule has 3 aromatic rings. The highest BCUT2D eigenvalue weighted by molar-refractivity contribution is 5.98. The molecule has 2 aromatic heterocycles. The van der Waals surface area contributed by atoms with Gasteiger partial charge in [-0.3, -0.25) is 4.79 Å². The van der Waals surface area contributed by atoms with Gasteiger partial charge >= 0.3 is 6.18 Å². The molecule has 2 bridgehead atoms. The van der Waals surface area contributed by atoms with E-state index in [1.807, 2.05) is 0 Å². The zero-order valence-electron chi connectivity index (χ0n) is 16.5. The molecule has 3 atom stereocenters. The fourth-order valence-electron chi connectivity index (χ4n) is 4.48. The van der Waals surface area contributed by atoms with Gasteiger partial charge in [0.25, 0.3) is 5.91 Å². The molecule has 11 heteroatoms. The Balaban J connectivity index is 1.37. The Morgan fingerprint density at radius 3 is 2.56 bits per heavy atom. The Hall–Kier alpha value is -3.50. The number of alkyl halides is 3. The van der Waals surface area contributed by atoms with Gasteiger partial charge in [0.1, 0.15) is 17.6 Å². The van der Waals surface area contributed by atoms with Crippen molar-refractivity contribution in [3.63, 3.8) is 0 Å². The first-order valence-electron chi connectivity index (χ1n) is 10.00. The summed E-state index contributed by atoms with van der Waals surface area (Å²) in [5.74, 6) is -0.740. The largest absolute Gasteiger partial charge is 0.472 e. The zero-order chi connectivity index (χ0) is 22.5. The van der Waals surface area contributed by atoms with E-state index in [-0.39, 0.29) is 35.1 Å². The van der Waals surface area contributed by atoms with Crippen LogP contribution in [0.2, 0.25) is 0 Å². The average Bonchev–Trinajstić information content (AvgIpc) is 3.49. The van der Waals surface area contributed by atoms with Gasteiger partial charge in [0, 0.05) is 30.8 Å². The van der Waals surface area contributed by atoms with Crippen LogP contribution in [0.4, 0.5) is 17.6 Å². The van der Waals surface area contributed by atoms with E-state index in [4.69, 9.17) is 4.74 Å². The number of aromatic nitrogens is 4. The molecule has 3 unspecified atom stereocenters.